The third kappa shape index (κ3) is 4.72. The molecule has 2 atom stereocenters. The lowest BCUT2D eigenvalue weighted by atomic mass is 10.1. The molecule has 0 aromatic heterocycles. The van der Waals surface area contributed by atoms with Crippen molar-refractivity contribution in [1.82, 2.24) is 9.62 Å². The molecule has 0 radical (unpaired) electrons. The number of piperazine rings is 1. The van der Waals surface area contributed by atoms with Crippen molar-refractivity contribution in [3.63, 3.8) is 0 Å². The second kappa shape index (κ2) is 8.61. The molecule has 28 heavy (non-hydrogen) atoms. The minimum Gasteiger partial charge on any atom is -0.375 e. The molecule has 2 saturated heterocycles. The van der Waals surface area contributed by atoms with Crippen LogP contribution in [0.4, 0.5) is 5.69 Å². The first-order valence-corrected chi connectivity index (χ1v) is 11.4. The topological polar surface area (TPSA) is 61.9 Å². The first-order chi connectivity index (χ1) is 13.6. The van der Waals surface area contributed by atoms with Gasteiger partial charge in [0.1, 0.15) is 0 Å². The van der Waals surface area contributed by atoms with Crippen LogP contribution in [0.5, 0.6) is 0 Å². The molecule has 2 aromatic rings. The molecule has 150 valence electrons. The van der Waals surface area contributed by atoms with Crippen LogP contribution >= 0.6 is 0 Å². The third-order valence-corrected chi connectivity index (χ3v) is 6.94. The summed E-state index contributed by atoms with van der Waals surface area (Å²) >= 11 is 0. The van der Waals surface area contributed by atoms with Crippen molar-refractivity contribution in [1.29, 1.82) is 0 Å². The summed E-state index contributed by atoms with van der Waals surface area (Å²) in [7, 11) is -3.24. The van der Waals surface area contributed by atoms with Crippen molar-refractivity contribution in [2.45, 2.75) is 18.7 Å². The fraction of sp³-hybridized carbons (Fsp3) is 0.429. The number of rotatable bonds is 6. The van der Waals surface area contributed by atoms with E-state index in [0.29, 0.717) is 13.2 Å². The zero-order valence-corrected chi connectivity index (χ0v) is 16.7. The number of ether oxygens (including phenoxy) is 1. The van der Waals surface area contributed by atoms with E-state index in [1.54, 1.807) is 0 Å². The maximum Gasteiger partial charge on any atom is 0.213 e. The van der Waals surface area contributed by atoms with Crippen LogP contribution in [0.2, 0.25) is 0 Å². The van der Waals surface area contributed by atoms with Gasteiger partial charge in [-0.2, -0.15) is 0 Å². The van der Waals surface area contributed by atoms with Crippen LogP contribution in [0.15, 0.2) is 60.7 Å². The Labute approximate surface area is 167 Å². The minimum absolute atomic E-state index is 0.0429. The van der Waals surface area contributed by atoms with E-state index >= 15 is 0 Å². The number of hydrogen-bond acceptors (Lipinski definition) is 5. The Morgan fingerprint density at radius 1 is 0.929 bits per heavy atom. The summed E-state index contributed by atoms with van der Waals surface area (Å²) in [6.45, 7) is 4.39. The van der Waals surface area contributed by atoms with Crippen molar-refractivity contribution in [2.24, 2.45) is 0 Å². The van der Waals surface area contributed by atoms with Gasteiger partial charge in [-0.3, -0.25) is 4.90 Å². The second-order valence-corrected chi connectivity index (χ2v) is 9.23. The highest BCUT2D eigenvalue weighted by atomic mass is 32.2. The molecule has 2 aliphatic rings. The molecule has 4 rings (SSSR count). The van der Waals surface area contributed by atoms with Gasteiger partial charge in [0.15, 0.2) is 0 Å². The van der Waals surface area contributed by atoms with E-state index in [1.165, 1.54) is 5.69 Å². The summed E-state index contributed by atoms with van der Waals surface area (Å²) < 4.78 is 33.1. The lowest BCUT2D eigenvalue weighted by molar-refractivity contribution is 0.0742. The number of sulfonamides is 1. The average Bonchev–Trinajstić information content (AvgIpc) is 3.04. The molecular formula is C21H27N3O3S. The molecule has 1 N–H and O–H groups in total. The van der Waals surface area contributed by atoms with Crippen LogP contribution in [0.25, 0.3) is 0 Å². The highest BCUT2D eigenvalue weighted by Gasteiger charge is 2.41. The summed E-state index contributed by atoms with van der Waals surface area (Å²) in [5.41, 5.74) is 2.32. The lowest BCUT2D eigenvalue weighted by Crippen LogP contribution is -2.55. The standard InChI is InChI=1S/C21H27N3O3S/c25-28(26)17-21(20(22-28)16-27-15-18-7-3-1-4-8-18)24-13-11-23(12-14-24)19-9-5-2-6-10-19/h1-10,20-22H,11-17H2/t20-,21+/m0/s1. The van der Waals surface area contributed by atoms with Crippen molar-refractivity contribution < 1.29 is 13.2 Å². The van der Waals surface area contributed by atoms with Crippen LogP contribution in [-0.4, -0.2) is 63.9 Å². The smallest absolute Gasteiger partial charge is 0.213 e. The van der Waals surface area contributed by atoms with Gasteiger partial charge in [-0.25, -0.2) is 13.1 Å². The summed E-state index contributed by atoms with van der Waals surface area (Å²) in [4.78, 5) is 4.65. The fourth-order valence-electron chi connectivity index (χ4n) is 4.03. The third-order valence-electron chi connectivity index (χ3n) is 5.50. The van der Waals surface area contributed by atoms with E-state index in [0.717, 1.165) is 31.7 Å². The number of para-hydroxylation sites is 1. The van der Waals surface area contributed by atoms with E-state index in [9.17, 15) is 8.42 Å². The van der Waals surface area contributed by atoms with Crippen molar-refractivity contribution >= 4 is 15.7 Å². The van der Waals surface area contributed by atoms with Gasteiger partial charge in [0.2, 0.25) is 10.0 Å². The molecule has 7 heteroatoms. The van der Waals surface area contributed by atoms with E-state index in [4.69, 9.17) is 4.74 Å². The highest BCUT2D eigenvalue weighted by Crippen LogP contribution is 2.21. The normalized spacial score (nSPS) is 25.1. The summed E-state index contributed by atoms with van der Waals surface area (Å²) in [5, 5.41) is 0. The van der Waals surface area contributed by atoms with Crippen molar-refractivity contribution in [2.75, 3.05) is 43.4 Å². The van der Waals surface area contributed by atoms with Gasteiger partial charge in [-0.1, -0.05) is 48.5 Å². The number of hydrogen-bond donors (Lipinski definition) is 1. The second-order valence-electron chi connectivity index (χ2n) is 7.43. The average molecular weight is 402 g/mol. The predicted octanol–water partition coefficient (Wildman–Crippen LogP) is 1.70. The number of benzene rings is 2. The number of nitrogens with one attached hydrogen (secondary N) is 1. The number of nitrogens with zero attached hydrogens (tertiary/aromatic N) is 2. The predicted molar refractivity (Wildman–Crippen MR) is 111 cm³/mol. The van der Waals surface area contributed by atoms with E-state index in [1.807, 2.05) is 36.4 Å². The van der Waals surface area contributed by atoms with Crippen LogP contribution in [0.3, 0.4) is 0 Å². The Morgan fingerprint density at radius 3 is 2.25 bits per heavy atom. The molecule has 0 saturated carbocycles. The van der Waals surface area contributed by atoms with Crippen LogP contribution in [-0.2, 0) is 21.4 Å². The zero-order chi connectivity index (χ0) is 19.4. The van der Waals surface area contributed by atoms with Crippen molar-refractivity contribution in [3.05, 3.63) is 66.2 Å². The van der Waals surface area contributed by atoms with Gasteiger partial charge in [0.25, 0.3) is 0 Å². The SMILES string of the molecule is O=S1(=O)C[C@@H](N2CCN(c3ccccc3)CC2)[C@H](COCc2ccccc2)N1. The largest absolute Gasteiger partial charge is 0.375 e. The molecule has 0 aliphatic carbocycles. The van der Waals surface area contributed by atoms with Crippen LogP contribution in [0, 0.1) is 0 Å². The summed E-state index contributed by atoms with van der Waals surface area (Å²) in [6.07, 6.45) is 0. The minimum atomic E-state index is -3.24. The molecule has 0 spiro atoms. The Kier molecular flexibility index (Phi) is 5.96. The van der Waals surface area contributed by atoms with Crippen LogP contribution in [0.1, 0.15) is 5.56 Å². The maximum absolute atomic E-state index is 12.2. The maximum atomic E-state index is 12.2. The molecule has 6 nitrogen and oxygen atoms in total. The Bertz CT molecular complexity index is 853. The molecule has 0 bridgehead atoms. The van der Waals surface area contributed by atoms with Gasteiger partial charge in [0, 0.05) is 37.9 Å². The molecule has 2 aromatic carbocycles. The van der Waals surface area contributed by atoms with Gasteiger partial charge in [-0.05, 0) is 17.7 Å². The molecule has 2 aliphatic heterocycles. The highest BCUT2D eigenvalue weighted by molar-refractivity contribution is 7.89. The van der Waals surface area contributed by atoms with Crippen molar-refractivity contribution in [3.8, 4) is 0 Å². The summed E-state index contributed by atoms with van der Waals surface area (Å²) in [6, 6.07) is 20.1. The molecule has 0 amide bonds. The molecule has 2 heterocycles. The molecule has 2 fully saturated rings. The van der Waals surface area contributed by atoms with E-state index in [-0.39, 0.29) is 17.8 Å². The van der Waals surface area contributed by atoms with Gasteiger partial charge >= 0.3 is 0 Å². The molecule has 0 unspecified atom stereocenters. The lowest BCUT2D eigenvalue weighted by Gasteiger charge is -2.40. The van der Waals surface area contributed by atoms with Gasteiger partial charge in [0.05, 0.1) is 25.0 Å². The first-order valence-electron chi connectivity index (χ1n) is 9.76. The summed E-state index contributed by atoms with van der Waals surface area (Å²) in [5.74, 6) is 0.150. The Hall–Kier alpha value is -1.93. The van der Waals surface area contributed by atoms with Gasteiger partial charge in [-0.15, -0.1) is 0 Å². The van der Waals surface area contributed by atoms with Crippen LogP contribution < -0.4 is 9.62 Å². The molecular weight excluding hydrogens is 374 g/mol. The first kappa shape index (κ1) is 19.4. The zero-order valence-electron chi connectivity index (χ0n) is 15.9. The van der Waals surface area contributed by atoms with E-state index in [2.05, 4.69) is 38.8 Å². The Morgan fingerprint density at radius 2 is 1.57 bits per heavy atom. The monoisotopic (exact) mass is 401 g/mol. The van der Waals surface area contributed by atoms with Gasteiger partial charge < -0.3 is 9.64 Å². The fourth-order valence-corrected chi connectivity index (χ4v) is 5.71. The van der Waals surface area contributed by atoms with E-state index < -0.39 is 10.0 Å². The Balaban J connectivity index is 1.34. The number of anilines is 1. The quantitative estimate of drug-likeness (QED) is 0.798.